The molecule has 0 aromatic heterocycles. The van der Waals surface area contributed by atoms with E-state index in [4.69, 9.17) is 0 Å². The summed E-state index contributed by atoms with van der Waals surface area (Å²) in [6, 6.07) is 0. The topological polar surface area (TPSA) is 69.4 Å². The fourth-order valence-electron chi connectivity index (χ4n) is 1.71. The van der Waals surface area contributed by atoms with Crippen LogP contribution in [0.3, 0.4) is 0 Å². The van der Waals surface area contributed by atoms with Crippen LogP contribution in [0.4, 0.5) is 0 Å². The first-order chi connectivity index (χ1) is 8.16. The molecular weight excluding hydrogens is 261 g/mol. The van der Waals surface area contributed by atoms with Gasteiger partial charge in [-0.25, -0.2) is 4.84 Å². The summed E-state index contributed by atoms with van der Waals surface area (Å²) in [5.74, 6) is -0.738. The number of hydrogen-bond acceptors (Lipinski definition) is 4. The van der Waals surface area contributed by atoms with Gasteiger partial charge in [0.05, 0.1) is 0 Å². The third-order valence-electron chi connectivity index (χ3n) is 2.66. The van der Waals surface area contributed by atoms with Crippen LogP contribution < -0.4 is 0 Å². The van der Waals surface area contributed by atoms with Crippen LogP contribution in [0.2, 0.25) is 0 Å². The Morgan fingerprint density at radius 2 is 1.44 bits per heavy atom. The molecule has 0 amide bonds. The van der Waals surface area contributed by atoms with Crippen molar-refractivity contribution in [2.75, 3.05) is 0 Å². The Kier molecular flexibility index (Phi) is 18.0. The van der Waals surface area contributed by atoms with E-state index in [1.54, 1.807) is 0 Å². The van der Waals surface area contributed by atoms with E-state index < -0.39 is 11.1 Å². The molecule has 0 aromatic rings. The summed E-state index contributed by atoms with van der Waals surface area (Å²) in [7, 11) is 0. The minimum absolute atomic E-state index is 0. The molecule has 0 N–H and O–H groups in total. The van der Waals surface area contributed by atoms with Gasteiger partial charge < -0.3 is 0 Å². The zero-order valence-corrected chi connectivity index (χ0v) is 10.7. The summed E-state index contributed by atoms with van der Waals surface area (Å²) in [6.07, 6.45) is 10.5. The van der Waals surface area contributed by atoms with Crippen LogP contribution in [-0.4, -0.2) is 62.4 Å². The molecule has 0 saturated carbocycles. The normalized spacial score (nSPS) is 9.61. The Bertz CT molecular complexity index is 224. The molecule has 0 fully saturated rings. The van der Waals surface area contributed by atoms with E-state index in [9.17, 15) is 14.9 Å². The molecule has 0 saturated heterocycles. The van der Waals surface area contributed by atoms with Gasteiger partial charge in [-0.05, 0) is 6.42 Å². The Morgan fingerprint density at radius 1 is 1.00 bits per heavy atom. The van der Waals surface area contributed by atoms with E-state index in [1.165, 1.54) is 38.5 Å². The molecule has 0 rings (SSSR count). The van der Waals surface area contributed by atoms with E-state index in [0.29, 0.717) is 6.42 Å². The molecule has 5 nitrogen and oxygen atoms in total. The predicted molar refractivity (Wildman–Crippen MR) is 72.1 cm³/mol. The van der Waals surface area contributed by atoms with Gasteiger partial charge in [-0.3, -0.25) is 4.79 Å². The van der Waals surface area contributed by atoms with Crippen molar-refractivity contribution >= 4 is 57.4 Å². The van der Waals surface area contributed by atoms with Crippen LogP contribution in [0.1, 0.15) is 71.1 Å². The van der Waals surface area contributed by atoms with Crippen molar-refractivity contribution in [2.24, 2.45) is 0 Å². The number of unbranched alkanes of at least 4 members (excludes halogenated alkanes) is 8. The number of rotatable bonds is 11. The molecule has 0 unspecified atom stereocenters. The third-order valence-corrected chi connectivity index (χ3v) is 2.66. The van der Waals surface area contributed by atoms with Gasteiger partial charge in [0.1, 0.15) is 0 Å². The van der Waals surface area contributed by atoms with Gasteiger partial charge in [0.25, 0.3) is 0 Å². The van der Waals surface area contributed by atoms with E-state index in [1.807, 2.05) is 0 Å². The van der Waals surface area contributed by atoms with Crippen molar-refractivity contribution in [3.05, 3.63) is 10.1 Å². The Hall–Kier alpha value is 0.506. The second-order valence-corrected chi connectivity index (χ2v) is 4.27. The van der Waals surface area contributed by atoms with Crippen LogP contribution >= 0.6 is 0 Å². The zero-order chi connectivity index (χ0) is 12.9. The van der Waals surface area contributed by atoms with Crippen molar-refractivity contribution in [3.8, 4) is 0 Å². The predicted octanol–water partition coefficient (Wildman–Crippen LogP) is 2.99. The number of carbonyl (C=O) groups excluding carboxylic acids is 1. The molecular formula is C12H24KNO4. The molecule has 102 valence electrons. The number of hydrogen-bond donors (Lipinski definition) is 0. The van der Waals surface area contributed by atoms with E-state index in [0.717, 1.165) is 12.8 Å². The van der Waals surface area contributed by atoms with E-state index in [2.05, 4.69) is 11.8 Å². The molecule has 0 bridgehead atoms. The van der Waals surface area contributed by atoms with Crippen LogP contribution in [0, 0.1) is 10.1 Å². The maximum atomic E-state index is 10.8. The fraction of sp³-hybridized carbons (Fsp3) is 0.917. The molecule has 6 heteroatoms. The van der Waals surface area contributed by atoms with Crippen LogP contribution in [0.25, 0.3) is 0 Å². The van der Waals surface area contributed by atoms with Crippen LogP contribution in [0.15, 0.2) is 0 Å². The molecule has 0 aromatic carbocycles. The summed E-state index contributed by atoms with van der Waals surface area (Å²) in [5.41, 5.74) is 0. The monoisotopic (exact) mass is 285 g/mol. The Balaban J connectivity index is 0. The first kappa shape index (κ1) is 20.8. The molecule has 0 heterocycles. The molecule has 0 atom stereocenters. The zero-order valence-electron chi connectivity index (χ0n) is 10.7. The van der Waals surface area contributed by atoms with Gasteiger partial charge in [-0.1, -0.05) is 58.3 Å². The molecule has 0 aliphatic rings. The maximum absolute atomic E-state index is 10.8. The average molecular weight is 285 g/mol. The first-order valence-corrected chi connectivity index (χ1v) is 6.52. The quantitative estimate of drug-likeness (QED) is 0.253. The Morgan fingerprint density at radius 3 is 1.89 bits per heavy atom. The summed E-state index contributed by atoms with van der Waals surface area (Å²) in [6.45, 7) is 2.20. The molecule has 18 heavy (non-hydrogen) atoms. The average Bonchev–Trinajstić information content (AvgIpc) is 2.26. The van der Waals surface area contributed by atoms with Gasteiger partial charge in [0.2, 0.25) is 0 Å². The number of nitrogens with zero attached hydrogens (tertiary/aromatic N) is 1. The van der Waals surface area contributed by atoms with Crippen molar-refractivity contribution in [3.63, 3.8) is 0 Å². The fourth-order valence-corrected chi connectivity index (χ4v) is 1.71. The minimum atomic E-state index is -1.05. The van der Waals surface area contributed by atoms with Crippen molar-refractivity contribution in [2.45, 2.75) is 71.1 Å². The van der Waals surface area contributed by atoms with E-state index in [-0.39, 0.29) is 57.8 Å². The van der Waals surface area contributed by atoms with Gasteiger partial charge in [0, 0.05) is 6.42 Å². The van der Waals surface area contributed by atoms with Gasteiger partial charge >= 0.3 is 62.4 Å². The number of carbonyl (C=O) groups is 1. The summed E-state index contributed by atoms with van der Waals surface area (Å²) >= 11 is 0. The van der Waals surface area contributed by atoms with Crippen molar-refractivity contribution in [1.29, 1.82) is 0 Å². The third kappa shape index (κ3) is 16.5. The van der Waals surface area contributed by atoms with Gasteiger partial charge in [-0.15, -0.1) is 10.1 Å². The Labute approximate surface area is 152 Å². The van der Waals surface area contributed by atoms with Crippen LogP contribution in [0.5, 0.6) is 0 Å². The first-order valence-electron chi connectivity index (χ1n) is 6.52. The summed E-state index contributed by atoms with van der Waals surface area (Å²) < 4.78 is 0. The SMILES string of the molecule is CCCCCCCCCCCC(=O)O[N+](=O)[O-].[KH]. The standard InChI is InChI=1S/C12H23NO4.K.H/c1-2-3-4-5-6-7-8-9-10-11-12(14)17-13(15)16;;/h2-11H2,1H3;;. The van der Waals surface area contributed by atoms with Gasteiger partial charge in [-0.2, -0.15) is 0 Å². The van der Waals surface area contributed by atoms with E-state index >= 15 is 0 Å². The molecule has 0 aliphatic heterocycles. The molecule has 0 radical (unpaired) electrons. The van der Waals surface area contributed by atoms with Crippen molar-refractivity contribution < 1.29 is 14.7 Å². The second-order valence-electron chi connectivity index (χ2n) is 4.27. The molecule has 0 aliphatic carbocycles. The second kappa shape index (κ2) is 15.6. The van der Waals surface area contributed by atoms with Crippen LogP contribution in [-0.2, 0) is 9.63 Å². The van der Waals surface area contributed by atoms with Gasteiger partial charge in [0.15, 0.2) is 0 Å². The summed E-state index contributed by atoms with van der Waals surface area (Å²) in [4.78, 5) is 24.4. The molecule has 0 spiro atoms. The van der Waals surface area contributed by atoms with Crippen molar-refractivity contribution in [1.82, 2.24) is 0 Å². The summed E-state index contributed by atoms with van der Waals surface area (Å²) in [5, 5.41) is 8.79.